The van der Waals surface area contributed by atoms with Crippen LogP contribution in [0.3, 0.4) is 0 Å². The standard InChI is InChI=1S/C9H11ClN2O2S3/c1-11(2)9(15)17-7(5-12(13)14)6-3-4-8(10)16-6/h3-4,7H,5H2,1-2H3. The summed E-state index contributed by atoms with van der Waals surface area (Å²) in [7, 11) is 3.64. The molecule has 0 aliphatic heterocycles. The molecule has 1 aromatic heterocycles. The molecule has 4 nitrogen and oxygen atoms in total. The Morgan fingerprint density at radius 3 is 2.76 bits per heavy atom. The maximum atomic E-state index is 10.6. The molecule has 1 rings (SSSR count). The van der Waals surface area contributed by atoms with Gasteiger partial charge >= 0.3 is 0 Å². The van der Waals surface area contributed by atoms with Crippen LogP contribution in [-0.2, 0) is 0 Å². The number of rotatable bonds is 4. The molecule has 1 atom stereocenters. The van der Waals surface area contributed by atoms with E-state index in [-0.39, 0.29) is 16.7 Å². The van der Waals surface area contributed by atoms with Gasteiger partial charge in [0.25, 0.3) is 0 Å². The Morgan fingerprint density at radius 2 is 2.35 bits per heavy atom. The van der Waals surface area contributed by atoms with Crippen molar-refractivity contribution in [2.75, 3.05) is 20.6 Å². The Morgan fingerprint density at radius 1 is 1.71 bits per heavy atom. The molecule has 8 heteroatoms. The van der Waals surface area contributed by atoms with E-state index in [0.29, 0.717) is 8.66 Å². The lowest BCUT2D eigenvalue weighted by Crippen LogP contribution is -2.19. The van der Waals surface area contributed by atoms with E-state index in [0.717, 1.165) is 4.88 Å². The van der Waals surface area contributed by atoms with Crippen molar-refractivity contribution in [3.63, 3.8) is 0 Å². The first-order valence-electron chi connectivity index (χ1n) is 4.65. The van der Waals surface area contributed by atoms with E-state index in [1.165, 1.54) is 23.1 Å². The fourth-order valence-corrected chi connectivity index (χ4v) is 3.57. The van der Waals surface area contributed by atoms with Crippen molar-refractivity contribution >= 4 is 51.2 Å². The highest BCUT2D eigenvalue weighted by Crippen LogP contribution is 2.36. The van der Waals surface area contributed by atoms with Crippen LogP contribution >= 0.6 is 46.9 Å². The van der Waals surface area contributed by atoms with Crippen LogP contribution in [0.2, 0.25) is 4.34 Å². The second-order valence-electron chi connectivity index (χ2n) is 3.42. The van der Waals surface area contributed by atoms with Crippen molar-refractivity contribution in [1.29, 1.82) is 0 Å². The summed E-state index contributed by atoms with van der Waals surface area (Å²) in [5, 5.41) is 10.4. The molecule has 0 bridgehead atoms. The zero-order valence-corrected chi connectivity index (χ0v) is 12.5. The van der Waals surface area contributed by atoms with E-state index in [2.05, 4.69) is 0 Å². The van der Waals surface area contributed by atoms with E-state index < -0.39 is 0 Å². The van der Waals surface area contributed by atoms with Gasteiger partial charge in [0, 0.05) is 23.9 Å². The smallest absolute Gasteiger partial charge is 0.220 e. The topological polar surface area (TPSA) is 46.4 Å². The number of hydrogen-bond donors (Lipinski definition) is 0. The van der Waals surface area contributed by atoms with Gasteiger partial charge in [-0.1, -0.05) is 35.6 Å². The summed E-state index contributed by atoms with van der Waals surface area (Å²) >= 11 is 13.7. The van der Waals surface area contributed by atoms with Gasteiger partial charge in [-0.25, -0.2) is 0 Å². The van der Waals surface area contributed by atoms with Crippen molar-refractivity contribution in [2.45, 2.75) is 5.25 Å². The monoisotopic (exact) mass is 310 g/mol. The first-order chi connectivity index (χ1) is 7.90. The summed E-state index contributed by atoms with van der Waals surface area (Å²) in [5.41, 5.74) is 0. The lowest BCUT2D eigenvalue weighted by atomic mass is 10.3. The van der Waals surface area contributed by atoms with E-state index >= 15 is 0 Å². The fraction of sp³-hybridized carbons (Fsp3) is 0.444. The summed E-state index contributed by atoms with van der Waals surface area (Å²) in [4.78, 5) is 13.0. The van der Waals surface area contributed by atoms with Crippen molar-refractivity contribution < 1.29 is 4.92 Å². The molecule has 0 fully saturated rings. The quantitative estimate of drug-likeness (QED) is 0.485. The number of thioether (sulfide) groups is 1. The maximum absolute atomic E-state index is 10.6. The van der Waals surface area contributed by atoms with Gasteiger partial charge in [-0.05, 0) is 12.1 Å². The van der Waals surface area contributed by atoms with Gasteiger partial charge in [0.2, 0.25) is 6.54 Å². The first kappa shape index (κ1) is 14.7. The molecule has 17 heavy (non-hydrogen) atoms. The van der Waals surface area contributed by atoms with Crippen molar-refractivity contribution in [2.24, 2.45) is 0 Å². The second kappa shape index (κ2) is 6.53. The number of nitrogens with zero attached hydrogens (tertiary/aromatic N) is 2. The predicted molar refractivity (Wildman–Crippen MR) is 77.8 cm³/mol. The summed E-state index contributed by atoms with van der Waals surface area (Å²) in [5.74, 6) is 0. The molecule has 0 saturated heterocycles. The van der Waals surface area contributed by atoms with Crippen LogP contribution in [0.25, 0.3) is 0 Å². The lowest BCUT2D eigenvalue weighted by Gasteiger charge is -2.16. The molecule has 1 heterocycles. The van der Waals surface area contributed by atoms with Crippen LogP contribution in [0.1, 0.15) is 10.1 Å². The molecule has 0 N–H and O–H groups in total. The average molecular weight is 311 g/mol. The highest BCUT2D eigenvalue weighted by molar-refractivity contribution is 8.23. The van der Waals surface area contributed by atoms with E-state index in [1.54, 1.807) is 11.0 Å². The summed E-state index contributed by atoms with van der Waals surface area (Å²) in [6.45, 7) is -0.157. The van der Waals surface area contributed by atoms with E-state index in [1.807, 2.05) is 20.2 Å². The molecule has 1 unspecified atom stereocenters. The van der Waals surface area contributed by atoms with Crippen molar-refractivity contribution in [3.8, 4) is 0 Å². The third-order valence-electron chi connectivity index (χ3n) is 1.83. The normalized spacial score (nSPS) is 12.2. The first-order valence-corrected chi connectivity index (χ1v) is 7.13. The van der Waals surface area contributed by atoms with Gasteiger partial charge in [0.15, 0.2) is 0 Å². The van der Waals surface area contributed by atoms with Gasteiger partial charge in [0.1, 0.15) is 9.57 Å². The Hall–Kier alpha value is -0.370. The third kappa shape index (κ3) is 4.79. The van der Waals surface area contributed by atoms with Crippen LogP contribution in [-0.4, -0.2) is 34.8 Å². The second-order valence-corrected chi connectivity index (χ2v) is 7.01. The highest BCUT2D eigenvalue weighted by atomic mass is 35.5. The molecule has 94 valence electrons. The fourth-order valence-electron chi connectivity index (χ4n) is 1.05. The summed E-state index contributed by atoms with van der Waals surface area (Å²) in [6, 6.07) is 3.56. The summed E-state index contributed by atoms with van der Waals surface area (Å²) < 4.78 is 1.26. The average Bonchev–Trinajstić information content (AvgIpc) is 2.62. The minimum atomic E-state index is -0.330. The van der Waals surface area contributed by atoms with Crippen LogP contribution in [0.5, 0.6) is 0 Å². The number of thiocarbonyl (C=S) groups is 1. The van der Waals surface area contributed by atoms with Crippen LogP contribution in [0.4, 0.5) is 0 Å². The predicted octanol–water partition coefficient (Wildman–Crippen LogP) is 3.30. The van der Waals surface area contributed by atoms with E-state index in [4.69, 9.17) is 23.8 Å². The van der Waals surface area contributed by atoms with Gasteiger partial charge in [-0.15, -0.1) is 11.3 Å². The Kier molecular flexibility index (Phi) is 5.64. The Bertz CT molecular complexity index is 422. The molecule has 0 spiro atoms. The molecule has 0 radical (unpaired) electrons. The van der Waals surface area contributed by atoms with Crippen LogP contribution in [0.15, 0.2) is 12.1 Å². The van der Waals surface area contributed by atoms with Crippen molar-refractivity contribution in [1.82, 2.24) is 4.90 Å². The minimum Gasteiger partial charge on any atom is -0.364 e. The van der Waals surface area contributed by atoms with Gasteiger partial charge < -0.3 is 4.90 Å². The molecule has 0 aliphatic carbocycles. The molecule has 0 saturated carbocycles. The number of halogens is 1. The molecule has 0 amide bonds. The van der Waals surface area contributed by atoms with Crippen LogP contribution < -0.4 is 0 Å². The van der Waals surface area contributed by atoms with E-state index in [9.17, 15) is 10.1 Å². The zero-order valence-electron chi connectivity index (χ0n) is 9.25. The third-order valence-corrected chi connectivity index (χ3v) is 5.24. The maximum Gasteiger partial charge on any atom is 0.220 e. The number of hydrogen-bond acceptors (Lipinski definition) is 5. The number of nitro groups is 1. The van der Waals surface area contributed by atoms with Crippen molar-refractivity contribution in [3.05, 3.63) is 31.5 Å². The molecule has 0 aliphatic rings. The van der Waals surface area contributed by atoms with Gasteiger partial charge in [-0.2, -0.15) is 0 Å². The van der Waals surface area contributed by atoms with Gasteiger partial charge in [0.05, 0.1) is 4.34 Å². The highest BCUT2D eigenvalue weighted by Gasteiger charge is 2.22. The number of thiophene rings is 1. The zero-order chi connectivity index (χ0) is 13.0. The largest absolute Gasteiger partial charge is 0.364 e. The molecular weight excluding hydrogens is 300 g/mol. The molecular formula is C9H11ClN2O2S3. The molecule has 0 aromatic carbocycles. The summed E-state index contributed by atoms with van der Waals surface area (Å²) in [6.07, 6.45) is 0. The SMILES string of the molecule is CN(C)C(=S)SC(C[N+](=O)[O-])c1ccc(Cl)s1. The van der Waals surface area contributed by atoms with Gasteiger partial charge in [-0.3, -0.25) is 10.1 Å². The Balaban J connectivity index is 2.81. The molecule has 1 aromatic rings. The Labute approximate surface area is 118 Å². The minimum absolute atomic E-state index is 0.157. The van der Waals surface area contributed by atoms with Crippen LogP contribution in [0, 0.1) is 10.1 Å². The lowest BCUT2D eigenvalue weighted by molar-refractivity contribution is -0.479.